The molecule has 0 fully saturated rings. The van der Waals surface area contributed by atoms with Crippen molar-refractivity contribution in [2.24, 2.45) is 5.73 Å². The molecule has 130 valence electrons. The zero-order chi connectivity index (χ0) is 17.6. The van der Waals surface area contributed by atoms with E-state index < -0.39 is 0 Å². The molecule has 0 radical (unpaired) electrons. The molecule has 5 heteroatoms. The summed E-state index contributed by atoms with van der Waals surface area (Å²) in [5.74, 6) is 2.47. The van der Waals surface area contributed by atoms with Gasteiger partial charge in [-0.25, -0.2) is 0 Å². The third kappa shape index (κ3) is 3.67. The van der Waals surface area contributed by atoms with E-state index in [1.807, 2.05) is 48.5 Å². The van der Waals surface area contributed by atoms with Crippen LogP contribution in [0.4, 0.5) is 0 Å². The molecule has 1 heterocycles. The molecule has 0 amide bonds. The second kappa shape index (κ2) is 7.85. The lowest BCUT2D eigenvalue weighted by Gasteiger charge is -2.07. The number of methoxy groups -OCH3 is 2. The van der Waals surface area contributed by atoms with Crippen molar-refractivity contribution in [3.63, 3.8) is 0 Å². The average molecular weight is 338 g/mol. The summed E-state index contributed by atoms with van der Waals surface area (Å²) in [5.41, 5.74) is 9.50. The van der Waals surface area contributed by atoms with Gasteiger partial charge in [-0.3, -0.25) is 0 Å². The molecule has 1 aromatic heterocycles. The summed E-state index contributed by atoms with van der Waals surface area (Å²) < 4.78 is 16.1. The van der Waals surface area contributed by atoms with Crippen molar-refractivity contribution in [1.82, 2.24) is 5.16 Å². The molecule has 0 unspecified atom stereocenters. The van der Waals surface area contributed by atoms with Crippen molar-refractivity contribution in [2.45, 2.75) is 12.8 Å². The van der Waals surface area contributed by atoms with Crippen LogP contribution in [0.15, 0.2) is 53.1 Å². The Hall–Kier alpha value is -2.79. The van der Waals surface area contributed by atoms with E-state index in [4.69, 9.17) is 19.7 Å². The summed E-state index contributed by atoms with van der Waals surface area (Å²) in [6, 6.07) is 15.7. The molecular weight excluding hydrogens is 316 g/mol. The molecule has 2 N–H and O–H groups in total. The minimum absolute atomic E-state index is 0.612. The van der Waals surface area contributed by atoms with Gasteiger partial charge in [0.2, 0.25) is 0 Å². The number of rotatable bonds is 7. The summed E-state index contributed by atoms with van der Waals surface area (Å²) >= 11 is 0. The maximum absolute atomic E-state index is 5.66. The predicted octanol–water partition coefficient (Wildman–Crippen LogP) is 3.92. The van der Waals surface area contributed by atoms with Crippen molar-refractivity contribution >= 4 is 0 Å². The van der Waals surface area contributed by atoms with Crippen LogP contribution in [-0.4, -0.2) is 25.9 Å². The lowest BCUT2D eigenvalue weighted by molar-refractivity contribution is 0.384. The fourth-order valence-corrected chi connectivity index (χ4v) is 2.76. The van der Waals surface area contributed by atoms with Gasteiger partial charge in [-0.05, 0) is 54.9 Å². The fourth-order valence-electron chi connectivity index (χ4n) is 2.76. The molecule has 0 saturated carbocycles. The van der Waals surface area contributed by atoms with Crippen LogP contribution in [0.25, 0.3) is 22.4 Å². The van der Waals surface area contributed by atoms with Gasteiger partial charge in [0.05, 0.1) is 19.8 Å². The van der Waals surface area contributed by atoms with E-state index in [-0.39, 0.29) is 0 Å². The summed E-state index contributed by atoms with van der Waals surface area (Å²) in [7, 11) is 3.31. The molecule has 0 aliphatic heterocycles. The van der Waals surface area contributed by atoms with E-state index >= 15 is 0 Å². The van der Waals surface area contributed by atoms with Gasteiger partial charge in [0.25, 0.3) is 0 Å². The molecule has 0 spiro atoms. The highest BCUT2D eigenvalue weighted by molar-refractivity contribution is 5.82. The summed E-state index contributed by atoms with van der Waals surface area (Å²) in [4.78, 5) is 0. The van der Waals surface area contributed by atoms with Crippen molar-refractivity contribution in [3.8, 4) is 33.9 Å². The first-order valence-electron chi connectivity index (χ1n) is 8.24. The molecule has 0 aliphatic carbocycles. The van der Waals surface area contributed by atoms with Gasteiger partial charge in [0.15, 0.2) is 0 Å². The normalized spacial score (nSPS) is 10.7. The SMILES string of the molecule is COc1ccc(-c2noc(CCCN)c2-c2ccc(OC)cc2)cc1. The molecule has 3 aromatic rings. The maximum atomic E-state index is 5.66. The van der Waals surface area contributed by atoms with E-state index in [1.165, 1.54) is 0 Å². The number of aromatic nitrogens is 1. The zero-order valence-electron chi connectivity index (χ0n) is 14.5. The van der Waals surface area contributed by atoms with Gasteiger partial charge >= 0.3 is 0 Å². The number of aryl methyl sites for hydroxylation is 1. The molecule has 3 rings (SSSR count). The summed E-state index contributed by atoms with van der Waals surface area (Å²) in [6.45, 7) is 0.612. The van der Waals surface area contributed by atoms with Crippen LogP contribution in [-0.2, 0) is 6.42 Å². The van der Waals surface area contributed by atoms with Crippen LogP contribution in [0.5, 0.6) is 11.5 Å². The molecule has 0 atom stereocenters. The Bertz CT molecular complexity index is 808. The first-order valence-corrected chi connectivity index (χ1v) is 8.24. The lowest BCUT2D eigenvalue weighted by Crippen LogP contribution is -2.00. The standard InChI is InChI=1S/C20H22N2O3/c1-23-16-9-5-14(6-10-16)19-18(4-3-13-21)25-22-20(19)15-7-11-17(24-2)12-8-15/h5-12H,3-4,13,21H2,1-2H3. The fraction of sp³-hybridized carbons (Fsp3) is 0.250. The highest BCUT2D eigenvalue weighted by Crippen LogP contribution is 2.36. The number of ether oxygens (including phenoxy) is 2. The van der Waals surface area contributed by atoms with Gasteiger partial charge in [0.1, 0.15) is 23.0 Å². The number of nitrogens with zero attached hydrogens (tertiary/aromatic N) is 1. The molecule has 5 nitrogen and oxygen atoms in total. The molecule has 2 aromatic carbocycles. The highest BCUT2D eigenvalue weighted by Gasteiger charge is 2.19. The number of hydrogen-bond donors (Lipinski definition) is 1. The van der Waals surface area contributed by atoms with Crippen LogP contribution in [0.1, 0.15) is 12.2 Å². The van der Waals surface area contributed by atoms with Crippen LogP contribution in [0.2, 0.25) is 0 Å². The summed E-state index contributed by atoms with van der Waals surface area (Å²) in [6.07, 6.45) is 1.60. The molecule has 0 saturated heterocycles. The predicted molar refractivity (Wildman–Crippen MR) is 97.9 cm³/mol. The van der Waals surface area contributed by atoms with Gasteiger partial charge in [0, 0.05) is 12.0 Å². The highest BCUT2D eigenvalue weighted by atomic mass is 16.5. The molecule has 25 heavy (non-hydrogen) atoms. The second-order valence-corrected chi connectivity index (χ2v) is 5.68. The van der Waals surface area contributed by atoms with Crippen LogP contribution >= 0.6 is 0 Å². The minimum atomic E-state index is 0.612. The molecule has 0 aliphatic rings. The Labute approximate surface area is 147 Å². The summed E-state index contributed by atoms with van der Waals surface area (Å²) in [5, 5.41) is 4.33. The van der Waals surface area contributed by atoms with Crippen molar-refractivity contribution in [2.75, 3.05) is 20.8 Å². The number of hydrogen-bond acceptors (Lipinski definition) is 5. The lowest BCUT2D eigenvalue weighted by atomic mass is 9.97. The topological polar surface area (TPSA) is 70.5 Å². The number of nitrogens with two attached hydrogens (primary N) is 1. The van der Waals surface area contributed by atoms with Crippen LogP contribution < -0.4 is 15.2 Å². The van der Waals surface area contributed by atoms with Gasteiger partial charge < -0.3 is 19.7 Å². The zero-order valence-corrected chi connectivity index (χ0v) is 14.5. The van der Waals surface area contributed by atoms with Gasteiger partial charge in [-0.15, -0.1) is 0 Å². The Balaban J connectivity index is 2.06. The van der Waals surface area contributed by atoms with Crippen molar-refractivity contribution in [3.05, 3.63) is 54.3 Å². The second-order valence-electron chi connectivity index (χ2n) is 5.68. The smallest absolute Gasteiger partial charge is 0.145 e. The van der Waals surface area contributed by atoms with E-state index in [0.717, 1.165) is 52.5 Å². The molecular formula is C20H22N2O3. The van der Waals surface area contributed by atoms with E-state index in [1.54, 1.807) is 14.2 Å². The van der Waals surface area contributed by atoms with Crippen LogP contribution in [0.3, 0.4) is 0 Å². The Morgan fingerprint density at radius 1 is 0.880 bits per heavy atom. The van der Waals surface area contributed by atoms with E-state index in [0.29, 0.717) is 6.54 Å². The van der Waals surface area contributed by atoms with Crippen molar-refractivity contribution in [1.29, 1.82) is 0 Å². The van der Waals surface area contributed by atoms with Crippen molar-refractivity contribution < 1.29 is 14.0 Å². The Morgan fingerprint density at radius 2 is 1.44 bits per heavy atom. The Kier molecular flexibility index (Phi) is 5.36. The van der Waals surface area contributed by atoms with E-state index in [9.17, 15) is 0 Å². The van der Waals surface area contributed by atoms with Gasteiger partial charge in [-0.1, -0.05) is 17.3 Å². The minimum Gasteiger partial charge on any atom is -0.497 e. The Morgan fingerprint density at radius 3 is 1.96 bits per heavy atom. The monoisotopic (exact) mass is 338 g/mol. The third-order valence-electron chi connectivity index (χ3n) is 4.11. The average Bonchev–Trinajstić information content (AvgIpc) is 3.10. The van der Waals surface area contributed by atoms with Gasteiger partial charge in [-0.2, -0.15) is 0 Å². The van der Waals surface area contributed by atoms with Crippen LogP contribution in [0, 0.1) is 0 Å². The maximum Gasteiger partial charge on any atom is 0.145 e. The number of benzene rings is 2. The largest absolute Gasteiger partial charge is 0.497 e. The van der Waals surface area contributed by atoms with E-state index in [2.05, 4.69) is 5.16 Å². The quantitative estimate of drug-likeness (QED) is 0.707. The first-order chi connectivity index (χ1) is 12.3. The molecule has 0 bridgehead atoms. The third-order valence-corrected chi connectivity index (χ3v) is 4.11. The first kappa shape index (κ1) is 17.0.